The summed E-state index contributed by atoms with van der Waals surface area (Å²) in [5.74, 6) is 0.331. The van der Waals surface area contributed by atoms with Gasteiger partial charge in [0.25, 0.3) is 5.91 Å². The fourth-order valence-electron chi connectivity index (χ4n) is 2.13. The van der Waals surface area contributed by atoms with Crippen LogP contribution in [0.3, 0.4) is 0 Å². The maximum Gasteiger partial charge on any atom is 0.267 e. The Labute approximate surface area is 138 Å². The fourth-order valence-corrected chi connectivity index (χ4v) is 3.15. The van der Waals surface area contributed by atoms with Crippen LogP contribution in [0.15, 0.2) is 36.8 Å². The van der Waals surface area contributed by atoms with Crippen LogP contribution in [0.1, 0.15) is 28.5 Å². The van der Waals surface area contributed by atoms with E-state index in [1.807, 2.05) is 18.2 Å². The molecule has 23 heavy (non-hydrogen) atoms. The maximum absolute atomic E-state index is 12.4. The topological polar surface area (TPSA) is 83.6 Å². The second-order valence-corrected chi connectivity index (χ2v) is 6.66. The van der Waals surface area contributed by atoms with E-state index in [1.54, 1.807) is 18.6 Å². The number of nitrogens with zero attached hydrogens (tertiary/aromatic N) is 3. The van der Waals surface area contributed by atoms with Crippen molar-refractivity contribution in [3.8, 4) is 11.4 Å². The molecule has 0 aliphatic heterocycles. The molecule has 3 aromatic rings. The fraction of sp³-hybridized carbons (Fsp3) is 0.250. The summed E-state index contributed by atoms with van der Waals surface area (Å²) in [4.78, 5) is 21.6. The van der Waals surface area contributed by atoms with Gasteiger partial charge in [-0.05, 0) is 18.1 Å². The van der Waals surface area contributed by atoms with Crippen LogP contribution in [-0.4, -0.2) is 26.1 Å². The summed E-state index contributed by atoms with van der Waals surface area (Å²) in [7, 11) is 0. The van der Waals surface area contributed by atoms with Crippen LogP contribution in [0.5, 0.6) is 0 Å². The first-order valence-corrected chi connectivity index (χ1v) is 8.16. The molecule has 7 heteroatoms. The summed E-state index contributed by atoms with van der Waals surface area (Å²) in [6.07, 6.45) is 5.78. The standard InChI is InChI=1S/C16H17N5OS/c1-10(2)7-14-18-9-13(23-14)16(22)20-12-8-19-21-15(12)11-5-3-4-6-17-11/h3-6,8-10H,7H2,1-2H3,(H,19,21)(H,20,22). The lowest BCUT2D eigenvalue weighted by molar-refractivity contribution is 0.103. The van der Waals surface area contributed by atoms with E-state index in [0.717, 1.165) is 17.1 Å². The molecule has 0 fully saturated rings. The van der Waals surface area contributed by atoms with Gasteiger partial charge in [0.1, 0.15) is 10.6 Å². The minimum absolute atomic E-state index is 0.184. The van der Waals surface area contributed by atoms with Crippen molar-refractivity contribution >= 4 is 22.9 Å². The smallest absolute Gasteiger partial charge is 0.267 e. The molecule has 6 nitrogen and oxygen atoms in total. The highest BCUT2D eigenvalue weighted by molar-refractivity contribution is 7.13. The number of hydrogen-bond donors (Lipinski definition) is 2. The van der Waals surface area contributed by atoms with Gasteiger partial charge in [0.05, 0.1) is 28.8 Å². The highest BCUT2D eigenvalue weighted by Gasteiger charge is 2.15. The largest absolute Gasteiger partial charge is 0.318 e. The van der Waals surface area contributed by atoms with Crippen molar-refractivity contribution in [1.82, 2.24) is 20.2 Å². The van der Waals surface area contributed by atoms with Crippen molar-refractivity contribution in [3.63, 3.8) is 0 Å². The average Bonchev–Trinajstić information content (AvgIpc) is 3.17. The van der Waals surface area contributed by atoms with Gasteiger partial charge in [-0.15, -0.1) is 11.3 Å². The Balaban J connectivity index is 1.76. The molecule has 0 spiro atoms. The summed E-state index contributed by atoms with van der Waals surface area (Å²) >= 11 is 1.42. The van der Waals surface area contributed by atoms with Crippen LogP contribution in [0, 0.1) is 5.92 Å². The van der Waals surface area contributed by atoms with E-state index >= 15 is 0 Å². The zero-order chi connectivity index (χ0) is 16.2. The number of carbonyl (C=O) groups excluding carboxylic acids is 1. The van der Waals surface area contributed by atoms with E-state index in [1.165, 1.54) is 11.3 Å². The number of rotatable bonds is 5. The van der Waals surface area contributed by atoms with Crippen LogP contribution in [-0.2, 0) is 6.42 Å². The van der Waals surface area contributed by atoms with Crippen molar-refractivity contribution < 1.29 is 4.79 Å². The molecule has 0 aromatic carbocycles. The Bertz CT molecular complexity index is 794. The van der Waals surface area contributed by atoms with Gasteiger partial charge in [0.15, 0.2) is 0 Å². The number of pyridine rings is 1. The van der Waals surface area contributed by atoms with Crippen LogP contribution in [0.2, 0.25) is 0 Å². The molecule has 0 saturated heterocycles. The molecule has 0 aliphatic carbocycles. The third kappa shape index (κ3) is 3.62. The lowest BCUT2D eigenvalue weighted by Gasteiger charge is -2.03. The van der Waals surface area contributed by atoms with Gasteiger partial charge in [-0.3, -0.25) is 14.9 Å². The number of carbonyl (C=O) groups is 1. The first-order valence-electron chi connectivity index (χ1n) is 7.34. The summed E-state index contributed by atoms with van der Waals surface area (Å²) in [5.41, 5.74) is 2.02. The first-order chi connectivity index (χ1) is 11.1. The van der Waals surface area contributed by atoms with Crippen molar-refractivity contribution in [2.24, 2.45) is 5.92 Å². The quantitative estimate of drug-likeness (QED) is 0.752. The molecule has 0 aliphatic rings. The Hall–Kier alpha value is -2.54. The Morgan fingerprint density at radius 3 is 2.91 bits per heavy atom. The van der Waals surface area contributed by atoms with Crippen molar-refractivity contribution in [1.29, 1.82) is 0 Å². The van der Waals surface area contributed by atoms with E-state index in [-0.39, 0.29) is 5.91 Å². The van der Waals surface area contributed by atoms with Crippen molar-refractivity contribution in [3.05, 3.63) is 46.7 Å². The predicted molar refractivity (Wildman–Crippen MR) is 90.4 cm³/mol. The molecule has 0 saturated carbocycles. The summed E-state index contributed by atoms with van der Waals surface area (Å²) in [5, 5.41) is 10.7. The number of aromatic nitrogens is 4. The number of nitrogens with one attached hydrogen (secondary N) is 2. The molecule has 3 rings (SSSR count). The van der Waals surface area contributed by atoms with E-state index in [0.29, 0.717) is 22.2 Å². The van der Waals surface area contributed by atoms with Gasteiger partial charge in [0, 0.05) is 12.6 Å². The van der Waals surface area contributed by atoms with Gasteiger partial charge < -0.3 is 5.32 Å². The molecule has 0 radical (unpaired) electrons. The lowest BCUT2D eigenvalue weighted by Crippen LogP contribution is -2.10. The van der Waals surface area contributed by atoms with E-state index < -0.39 is 0 Å². The summed E-state index contributed by atoms with van der Waals surface area (Å²) in [6, 6.07) is 5.58. The number of aromatic amines is 1. The second-order valence-electron chi connectivity index (χ2n) is 5.54. The maximum atomic E-state index is 12.4. The third-order valence-electron chi connectivity index (χ3n) is 3.17. The SMILES string of the molecule is CC(C)Cc1ncc(C(=O)Nc2cn[nH]c2-c2ccccn2)s1. The first kappa shape index (κ1) is 15.4. The molecule has 1 amide bonds. The zero-order valence-corrected chi connectivity index (χ0v) is 13.7. The molecule has 0 bridgehead atoms. The van der Waals surface area contributed by atoms with E-state index in [2.05, 4.69) is 39.3 Å². The highest BCUT2D eigenvalue weighted by atomic mass is 32.1. The lowest BCUT2D eigenvalue weighted by atomic mass is 10.1. The monoisotopic (exact) mass is 327 g/mol. The normalized spacial score (nSPS) is 10.9. The number of anilines is 1. The molecule has 0 unspecified atom stereocenters. The molecule has 3 aromatic heterocycles. The third-order valence-corrected chi connectivity index (χ3v) is 4.19. The average molecular weight is 327 g/mol. The molecular weight excluding hydrogens is 310 g/mol. The van der Waals surface area contributed by atoms with Crippen LogP contribution in [0.25, 0.3) is 11.4 Å². The molecule has 0 atom stereocenters. The minimum Gasteiger partial charge on any atom is -0.318 e. The second kappa shape index (κ2) is 6.70. The predicted octanol–water partition coefficient (Wildman–Crippen LogP) is 3.38. The Morgan fingerprint density at radius 2 is 2.17 bits per heavy atom. The Kier molecular flexibility index (Phi) is 4.47. The van der Waals surface area contributed by atoms with E-state index in [4.69, 9.17) is 0 Å². The zero-order valence-electron chi connectivity index (χ0n) is 12.9. The van der Waals surface area contributed by atoms with Crippen LogP contribution < -0.4 is 5.32 Å². The van der Waals surface area contributed by atoms with Crippen molar-refractivity contribution in [2.75, 3.05) is 5.32 Å². The van der Waals surface area contributed by atoms with Gasteiger partial charge in [-0.25, -0.2) is 4.98 Å². The van der Waals surface area contributed by atoms with Gasteiger partial charge in [0.2, 0.25) is 0 Å². The minimum atomic E-state index is -0.184. The molecule has 2 N–H and O–H groups in total. The Morgan fingerprint density at radius 1 is 1.30 bits per heavy atom. The van der Waals surface area contributed by atoms with Gasteiger partial charge >= 0.3 is 0 Å². The summed E-state index contributed by atoms with van der Waals surface area (Å²) in [6.45, 7) is 4.26. The van der Waals surface area contributed by atoms with Crippen LogP contribution in [0.4, 0.5) is 5.69 Å². The summed E-state index contributed by atoms with van der Waals surface area (Å²) < 4.78 is 0. The van der Waals surface area contributed by atoms with Gasteiger partial charge in [-0.2, -0.15) is 5.10 Å². The van der Waals surface area contributed by atoms with Gasteiger partial charge in [-0.1, -0.05) is 19.9 Å². The number of thiazole rings is 1. The van der Waals surface area contributed by atoms with E-state index in [9.17, 15) is 4.79 Å². The number of amides is 1. The molecule has 118 valence electrons. The highest BCUT2D eigenvalue weighted by Crippen LogP contribution is 2.24. The molecule has 3 heterocycles. The van der Waals surface area contributed by atoms with Crippen LogP contribution >= 0.6 is 11.3 Å². The number of hydrogen-bond acceptors (Lipinski definition) is 5. The van der Waals surface area contributed by atoms with Crippen molar-refractivity contribution in [2.45, 2.75) is 20.3 Å². The number of H-pyrrole nitrogens is 1. The molecular formula is C16H17N5OS.